The first-order valence-electron chi connectivity index (χ1n) is 9.88. The lowest BCUT2D eigenvalue weighted by molar-refractivity contribution is -0.118. The van der Waals surface area contributed by atoms with Crippen molar-refractivity contribution in [3.8, 4) is 0 Å². The first-order valence-corrected chi connectivity index (χ1v) is 11.4. The van der Waals surface area contributed by atoms with E-state index in [-0.39, 0.29) is 20.9 Å². The van der Waals surface area contributed by atoms with Crippen molar-refractivity contribution < 1.29 is 26.7 Å². The number of amides is 3. The number of nitrogens with one attached hydrogen (secondary N) is 3. The van der Waals surface area contributed by atoms with Gasteiger partial charge in [-0.15, -0.1) is 0 Å². The third kappa shape index (κ3) is 5.25. The van der Waals surface area contributed by atoms with Gasteiger partial charge in [-0.3, -0.25) is 4.79 Å². The highest BCUT2D eigenvalue weighted by Gasteiger charge is 2.22. The third-order valence-corrected chi connectivity index (χ3v) is 6.00. The Labute approximate surface area is 190 Å². The highest BCUT2D eigenvalue weighted by Crippen LogP contribution is 2.23. The molecule has 0 radical (unpaired) electrons. The maximum Gasteiger partial charge on any atom is 0.329 e. The fourth-order valence-corrected chi connectivity index (χ4v) is 4.03. The summed E-state index contributed by atoms with van der Waals surface area (Å²) in [5.41, 5.74) is 0.373. The molecule has 1 aromatic heterocycles. The molecule has 0 aliphatic rings. The molecule has 0 aliphatic carbocycles. The number of hydrogen-bond donors (Lipinski definition) is 3. The van der Waals surface area contributed by atoms with Crippen molar-refractivity contribution in [3.63, 3.8) is 0 Å². The van der Waals surface area contributed by atoms with Gasteiger partial charge in [0.05, 0.1) is 10.4 Å². The van der Waals surface area contributed by atoms with Crippen LogP contribution in [0.25, 0.3) is 10.9 Å². The van der Waals surface area contributed by atoms with Crippen molar-refractivity contribution in [2.75, 3.05) is 5.32 Å². The van der Waals surface area contributed by atoms with Crippen LogP contribution in [0.3, 0.4) is 0 Å². The topological polar surface area (TPSA) is 109 Å². The van der Waals surface area contributed by atoms with Crippen molar-refractivity contribution in [1.29, 1.82) is 0 Å². The molecule has 10 heteroatoms. The Balaban J connectivity index is 0.00000385. The molecule has 3 amide bonds. The molecular formula is C22H31FN4O4S. The number of carbonyl (C=O) groups excluding carboxylic acids is 2. The van der Waals surface area contributed by atoms with Gasteiger partial charge in [-0.25, -0.2) is 22.3 Å². The van der Waals surface area contributed by atoms with Gasteiger partial charge in [0, 0.05) is 27.1 Å². The number of rotatable bonds is 5. The molecule has 3 N–H and O–H groups in total. The molecule has 0 spiro atoms. The number of benzene rings is 2. The Hall–Kier alpha value is -3.40. The normalized spacial score (nSPS) is 12.9. The maximum absolute atomic E-state index is 13.9. The molecule has 2 aromatic carbocycles. The SMILES string of the molecule is C[C@H](C(=O)Nc1ccc(S(=O)(=O)NC(=O)NC(C)(C)C)cc1)n1ccc2c(F)cccc21.[HH].[HH].[HH]. The van der Waals surface area contributed by atoms with E-state index in [4.69, 9.17) is 0 Å². The van der Waals surface area contributed by atoms with Crippen molar-refractivity contribution in [2.24, 2.45) is 0 Å². The van der Waals surface area contributed by atoms with Crippen LogP contribution in [0.1, 0.15) is 38.0 Å². The highest BCUT2D eigenvalue weighted by atomic mass is 32.2. The first-order chi connectivity index (χ1) is 14.9. The van der Waals surface area contributed by atoms with Crippen LogP contribution in [0, 0.1) is 5.82 Å². The van der Waals surface area contributed by atoms with Gasteiger partial charge in [-0.1, -0.05) is 6.07 Å². The summed E-state index contributed by atoms with van der Waals surface area (Å²) >= 11 is 0. The van der Waals surface area contributed by atoms with Gasteiger partial charge in [-0.2, -0.15) is 0 Å². The van der Waals surface area contributed by atoms with Crippen LogP contribution in [0.5, 0.6) is 0 Å². The summed E-state index contributed by atoms with van der Waals surface area (Å²) in [6.07, 6.45) is 1.64. The lowest BCUT2D eigenvalue weighted by Crippen LogP contribution is -2.48. The lowest BCUT2D eigenvalue weighted by atomic mass is 10.1. The second kappa shape index (κ2) is 8.62. The van der Waals surface area contributed by atoms with E-state index in [0.29, 0.717) is 16.6 Å². The Kier molecular flexibility index (Phi) is 6.27. The predicted molar refractivity (Wildman–Crippen MR) is 127 cm³/mol. The smallest absolute Gasteiger partial charge is 0.329 e. The average molecular weight is 467 g/mol. The van der Waals surface area contributed by atoms with Crippen LogP contribution < -0.4 is 15.4 Å². The first kappa shape index (κ1) is 23.3. The van der Waals surface area contributed by atoms with E-state index in [2.05, 4.69) is 10.6 Å². The van der Waals surface area contributed by atoms with Gasteiger partial charge in [-0.05, 0) is 70.2 Å². The Morgan fingerprint density at radius 3 is 2.34 bits per heavy atom. The van der Waals surface area contributed by atoms with Crippen molar-refractivity contribution in [1.82, 2.24) is 14.6 Å². The number of carbonyl (C=O) groups is 2. The molecule has 0 aliphatic heterocycles. The zero-order valence-electron chi connectivity index (χ0n) is 18.1. The van der Waals surface area contributed by atoms with E-state index < -0.39 is 27.6 Å². The van der Waals surface area contributed by atoms with Gasteiger partial charge in [0.15, 0.2) is 0 Å². The molecule has 0 bridgehead atoms. The summed E-state index contributed by atoms with van der Waals surface area (Å²) in [5.74, 6) is -0.722. The van der Waals surface area contributed by atoms with E-state index in [9.17, 15) is 22.4 Å². The molecule has 0 fully saturated rings. The van der Waals surface area contributed by atoms with E-state index in [0.717, 1.165) is 0 Å². The van der Waals surface area contributed by atoms with Gasteiger partial charge in [0.1, 0.15) is 11.9 Å². The van der Waals surface area contributed by atoms with Crippen LogP contribution in [0.2, 0.25) is 0 Å². The molecule has 1 heterocycles. The number of fused-ring (bicyclic) bond motifs is 1. The van der Waals surface area contributed by atoms with Crippen molar-refractivity contribution in [3.05, 3.63) is 60.5 Å². The molecule has 8 nitrogen and oxygen atoms in total. The quantitative estimate of drug-likeness (QED) is 0.514. The Morgan fingerprint density at radius 1 is 1.06 bits per heavy atom. The number of sulfonamides is 1. The van der Waals surface area contributed by atoms with Gasteiger partial charge >= 0.3 is 6.03 Å². The minimum atomic E-state index is -4.07. The van der Waals surface area contributed by atoms with Crippen LogP contribution in [-0.4, -0.2) is 30.5 Å². The molecule has 1 atom stereocenters. The zero-order chi connectivity index (χ0) is 23.7. The van der Waals surface area contributed by atoms with Crippen molar-refractivity contribution >= 4 is 38.6 Å². The lowest BCUT2D eigenvalue weighted by Gasteiger charge is -2.20. The molecule has 0 saturated carbocycles. The Bertz CT molecular complexity index is 1280. The maximum atomic E-state index is 13.9. The standard InChI is InChI=1S/C22H25FN4O4S.3H2/c1-14(27-13-12-17-18(23)6-5-7-19(17)27)20(28)24-15-8-10-16(11-9-15)32(30,31)26-21(29)25-22(2,3)4;;;/h5-14H,1-4H3,(H,24,28)(H2,25,26,29);3*1H/t14-;;;/m1.../s1. The number of halogens is 1. The second-order valence-corrected chi connectivity index (χ2v) is 10.1. The number of aromatic nitrogens is 1. The molecule has 176 valence electrons. The van der Waals surface area contributed by atoms with E-state index in [1.54, 1.807) is 56.7 Å². The second-order valence-electron chi connectivity index (χ2n) is 8.39. The fraction of sp³-hybridized carbons (Fsp3) is 0.273. The zero-order valence-corrected chi connectivity index (χ0v) is 19.0. The number of hydrogen-bond acceptors (Lipinski definition) is 4. The number of nitrogens with zero attached hydrogens (tertiary/aromatic N) is 1. The van der Waals surface area contributed by atoms with E-state index in [1.165, 1.54) is 30.3 Å². The Morgan fingerprint density at radius 2 is 1.72 bits per heavy atom. The average Bonchev–Trinajstić information content (AvgIpc) is 3.11. The molecule has 0 saturated heterocycles. The monoisotopic (exact) mass is 466 g/mol. The van der Waals surface area contributed by atoms with Crippen LogP contribution in [-0.2, 0) is 14.8 Å². The largest absolute Gasteiger partial charge is 0.335 e. The minimum absolute atomic E-state index is 0. The van der Waals surface area contributed by atoms with Gasteiger partial charge in [0.2, 0.25) is 5.91 Å². The van der Waals surface area contributed by atoms with E-state index >= 15 is 0 Å². The summed E-state index contributed by atoms with van der Waals surface area (Å²) in [6.45, 7) is 6.86. The molecule has 3 aromatic rings. The van der Waals surface area contributed by atoms with Crippen molar-refractivity contribution in [2.45, 2.75) is 44.2 Å². The summed E-state index contributed by atoms with van der Waals surface area (Å²) in [4.78, 5) is 24.4. The van der Waals surface area contributed by atoms with Crippen LogP contribution in [0.4, 0.5) is 14.9 Å². The molecule has 0 unspecified atom stereocenters. The molecule has 3 rings (SSSR count). The molecular weight excluding hydrogens is 435 g/mol. The molecule has 32 heavy (non-hydrogen) atoms. The van der Waals surface area contributed by atoms with Gasteiger partial charge in [0.25, 0.3) is 10.0 Å². The predicted octanol–water partition coefficient (Wildman–Crippen LogP) is 4.50. The summed E-state index contributed by atoms with van der Waals surface area (Å²) in [6, 6.07) is 10.2. The van der Waals surface area contributed by atoms with Crippen LogP contribution >= 0.6 is 0 Å². The third-order valence-electron chi connectivity index (χ3n) is 4.65. The summed E-state index contributed by atoms with van der Waals surface area (Å²) < 4.78 is 42.3. The minimum Gasteiger partial charge on any atom is -0.335 e. The summed E-state index contributed by atoms with van der Waals surface area (Å²) in [7, 11) is -4.07. The number of anilines is 1. The van der Waals surface area contributed by atoms with Gasteiger partial charge < -0.3 is 15.2 Å². The summed E-state index contributed by atoms with van der Waals surface area (Å²) in [5, 5.41) is 5.65. The number of urea groups is 1. The van der Waals surface area contributed by atoms with E-state index in [1.807, 2.05) is 4.72 Å². The fourth-order valence-electron chi connectivity index (χ4n) is 3.13. The van der Waals surface area contributed by atoms with Crippen LogP contribution in [0.15, 0.2) is 59.6 Å². The highest BCUT2D eigenvalue weighted by molar-refractivity contribution is 7.90.